The minimum absolute atomic E-state index is 0.116. The molecule has 0 radical (unpaired) electrons. The monoisotopic (exact) mass is 205 g/mol. The van der Waals surface area contributed by atoms with Gasteiger partial charge in [-0.3, -0.25) is 4.90 Å². The molecule has 2 rings (SSSR count). The molecule has 15 heavy (non-hydrogen) atoms. The van der Waals surface area contributed by atoms with Crippen molar-refractivity contribution < 1.29 is 4.74 Å². The molecular weight excluding hydrogens is 186 g/mol. The smallest absolute Gasteiger partial charge is 0.0594 e. The van der Waals surface area contributed by atoms with Gasteiger partial charge in [-0.15, -0.1) is 0 Å². The maximum Gasteiger partial charge on any atom is 0.0594 e. The molecule has 0 amide bonds. The predicted molar refractivity (Wildman–Crippen MR) is 61.9 cm³/mol. The lowest BCUT2D eigenvalue weighted by molar-refractivity contribution is -0.0118. The molecule has 1 aromatic rings. The van der Waals surface area contributed by atoms with Gasteiger partial charge in [-0.2, -0.15) is 0 Å². The van der Waals surface area contributed by atoms with Gasteiger partial charge in [-0.25, -0.2) is 0 Å². The Morgan fingerprint density at radius 1 is 1.07 bits per heavy atom. The Morgan fingerprint density at radius 2 is 1.67 bits per heavy atom. The predicted octanol–water partition coefficient (Wildman–Crippen LogP) is 2.25. The fraction of sp³-hybridized carbons (Fsp3) is 0.538. The van der Waals surface area contributed by atoms with E-state index >= 15 is 0 Å². The van der Waals surface area contributed by atoms with Crippen LogP contribution in [0.3, 0.4) is 0 Å². The van der Waals surface area contributed by atoms with E-state index in [0.717, 1.165) is 26.3 Å². The van der Waals surface area contributed by atoms with Gasteiger partial charge in [0.1, 0.15) is 0 Å². The van der Waals surface area contributed by atoms with Crippen LogP contribution in [0.15, 0.2) is 30.3 Å². The van der Waals surface area contributed by atoms with Crippen LogP contribution in [0.25, 0.3) is 0 Å². The second kappa shape index (κ2) is 4.33. The van der Waals surface area contributed by atoms with Crippen molar-refractivity contribution in [3.63, 3.8) is 0 Å². The standard InChI is InChI=1S/C13H19NO/c1-13(2,12-6-4-3-5-7-12)14-8-10-15-11-9-14/h3-7H,8-11H2,1-2H3. The Morgan fingerprint density at radius 3 is 2.27 bits per heavy atom. The number of rotatable bonds is 2. The minimum atomic E-state index is 0.116. The first-order chi connectivity index (χ1) is 7.21. The average Bonchev–Trinajstić information content (AvgIpc) is 2.31. The van der Waals surface area contributed by atoms with Gasteiger partial charge in [0.25, 0.3) is 0 Å². The van der Waals surface area contributed by atoms with E-state index in [1.54, 1.807) is 0 Å². The summed E-state index contributed by atoms with van der Waals surface area (Å²) in [4.78, 5) is 2.49. The molecule has 0 spiro atoms. The van der Waals surface area contributed by atoms with Gasteiger partial charge in [-0.05, 0) is 19.4 Å². The summed E-state index contributed by atoms with van der Waals surface area (Å²) in [6.45, 7) is 8.34. The van der Waals surface area contributed by atoms with Crippen LogP contribution in [0.4, 0.5) is 0 Å². The summed E-state index contributed by atoms with van der Waals surface area (Å²) in [6.07, 6.45) is 0. The fourth-order valence-corrected chi connectivity index (χ4v) is 2.15. The van der Waals surface area contributed by atoms with E-state index in [-0.39, 0.29) is 5.54 Å². The summed E-state index contributed by atoms with van der Waals surface area (Å²) in [6, 6.07) is 10.7. The number of morpholine rings is 1. The summed E-state index contributed by atoms with van der Waals surface area (Å²) in [5, 5.41) is 0. The molecule has 0 aliphatic carbocycles. The van der Waals surface area contributed by atoms with Crippen molar-refractivity contribution in [3.8, 4) is 0 Å². The maximum absolute atomic E-state index is 5.39. The second-order valence-electron chi connectivity index (χ2n) is 4.52. The van der Waals surface area contributed by atoms with Gasteiger partial charge >= 0.3 is 0 Å². The maximum atomic E-state index is 5.39. The van der Waals surface area contributed by atoms with Gasteiger partial charge in [-0.1, -0.05) is 30.3 Å². The Labute approximate surface area is 91.9 Å². The lowest BCUT2D eigenvalue weighted by atomic mass is 9.92. The van der Waals surface area contributed by atoms with Crippen molar-refractivity contribution in [1.29, 1.82) is 0 Å². The molecule has 82 valence electrons. The molecule has 0 bridgehead atoms. The molecule has 1 fully saturated rings. The van der Waals surface area contributed by atoms with E-state index < -0.39 is 0 Å². The van der Waals surface area contributed by atoms with Crippen LogP contribution >= 0.6 is 0 Å². The molecule has 0 saturated carbocycles. The van der Waals surface area contributed by atoms with Crippen molar-refractivity contribution in [2.45, 2.75) is 19.4 Å². The van der Waals surface area contributed by atoms with E-state index in [1.165, 1.54) is 5.56 Å². The molecule has 2 nitrogen and oxygen atoms in total. The fourth-order valence-electron chi connectivity index (χ4n) is 2.15. The highest BCUT2D eigenvalue weighted by atomic mass is 16.5. The van der Waals surface area contributed by atoms with Crippen LogP contribution in [0.1, 0.15) is 19.4 Å². The number of nitrogens with zero attached hydrogens (tertiary/aromatic N) is 1. The van der Waals surface area contributed by atoms with E-state index in [9.17, 15) is 0 Å². The van der Waals surface area contributed by atoms with Crippen LogP contribution in [0.2, 0.25) is 0 Å². The molecule has 0 atom stereocenters. The van der Waals surface area contributed by atoms with Crippen molar-refractivity contribution in [2.24, 2.45) is 0 Å². The van der Waals surface area contributed by atoms with Crippen molar-refractivity contribution in [3.05, 3.63) is 35.9 Å². The molecule has 1 aromatic carbocycles. The van der Waals surface area contributed by atoms with Crippen molar-refractivity contribution >= 4 is 0 Å². The van der Waals surface area contributed by atoms with E-state index in [1.807, 2.05) is 0 Å². The average molecular weight is 205 g/mol. The number of benzene rings is 1. The lowest BCUT2D eigenvalue weighted by Crippen LogP contribution is -2.47. The quantitative estimate of drug-likeness (QED) is 0.734. The number of hydrogen-bond donors (Lipinski definition) is 0. The largest absolute Gasteiger partial charge is 0.379 e. The molecule has 2 heteroatoms. The van der Waals surface area contributed by atoms with Gasteiger partial charge in [0.05, 0.1) is 13.2 Å². The summed E-state index contributed by atoms with van der Waals surface area (Å²) >= 11 is 0. The molecule has 0 aromatic heterocycles. The zero-order chi connectivity index (χ0) is 10.7. The normalized spacial score (nSPS) is 19.1. The highest BCUT2D eigenvalue weighted by molar-refractivity contribution is 5.22. The van der Waals surface area contributed by atoms with Crippen LogP contribution in [-0.4, -0.2) is 31.2 Å². The summed E-state index contributed by atoms with van der Waals surface area (Å²) < 4.78 is 5.39. The zero-order valence-electron chi connectivity index (χ0n) is 9.57. The van der Waals surface area contributed by atoms with E-state index in [0.29, 0.717) is 0 Å². The van der Waals surface area contributed by atoms with E-state index in [4.69, 9.17) is 4.74 Å². The molecule has 1 saturated heterocycles. The first-order valence-corrected chi connectivity index (χ1v) is 5.59. The molecule has 0 unspecified atom stereocenters. The highest BCUT2D eigenvalue weighted by Crippen LogP contribution is 2.27. The number of hydrogen-bond acceptors (Lipinski definition) is 2. The van der Waals surface area contributed by atoms with E-state index in [2.05, 4.69) is 49.1 Å². The second-order valence-corrected chi connectivity index (χ2v) is 4.52. The van der Waals surface area contributed by atoms with Crippen molar-refractivity contribution in [1.82, 2.24) is 4.90 Å². The van der Waals surface area contributed by atoms with Gasteiger partial charge < -0.3 is 4.74 Å². The van der Waals surface area contributed by atoms with Crippen LogP contribution in [-0.2, 0) is 10.3 Å². The van der Waals surface area contributed by atoms with Gasteiger partial charge in [0.2, 0.25) is 0 Å². The Hall–Kier alpha value is -0.860. The SMILES string of the molecule is CC(C)(c1ccccc1)N1CCOCC1. The van der Waals surface area contributed by atoms with Crippen molar-refractivity contribution in [2.75, 3.05) is 26.3 Å². The third-order valence-electron chi connectivity index (χ3n) is 3.28. The highest BCUT2D eigenvalue weighted by Gasteiger charge is 2.29. The summed E-state index contributed by atoms with van der Waals surface area (Å²) in [7, 11) is 0. The first-order valence-electron chi connectivity index (χ1n) is 5.59. The Kier molecular flexibility index (Phi) is 3.08. The topological polar surface area (TPSA) is 12.5 Å². The van der Waals surface area contributed by atoms with Crippen LogP contribution in [0, 0.1) is 0 Å². The molecule has 1 aliphatic heterocycles. The molecule has 0 N–H and O–H groups in total. The summed E-state index contributed by atoms with van der Waals surface area (Å²) in [5.41, 5.74) is 1.50. The number of ether oxygens (including phenoxy) is 1. The Balaban J connectivity index is 2.18. The van der Waals surface area contributed by atoms with Crippen LogP contribution in [0.5, 0.6) is 0 Å². The molecular formula is C13H19NO. The molecule has 1 heterocycles. The zero-order valence-corrected chi connectivity index (χ0v) is 9.57. The third kappa shape index (κ3) is 2.21. The van der Waals surface area contributed by atoms with Gasteiger partial charge in [0, 0.05) is 18.6 Å². The van der Waals surface area contributed by atoms with Crippen LogP contribution < -0.4 is 0 Å². The third-order valence-corrected chi connectivity index (χ3v) is 3.28. The first kappa shape index (κ1) is 10.7. The summed E-state index contributed by atoms with van der Waals surface area (Å²) in [5.74, 6) is 0. The molecule has 1 aliphatic rings. The minimum Gasteiger partial charge on any atom is -0.379 e. The lowest BCUT2D eigenvalue weighted by Gasteiger charge is -2.41. The Bertz CT molecular complexity index is 302. The van der Waals surface area contributed by atoms with Gasteiger partial charge in [0.15, 0.2) is 0 Å².